The average molecular weight is 280 g/mol. The molecule has 0 bridgehead atoms. The molecular formula is C14H20N2O4. The van der Waals surface area contributed by atoms with Gasteiger partial charge in [0.1, 0.15) is 0 Å². The third kappa shape index (κ3) is 4.62. The Labute approximate surface area is 118 Å². The molecule has 1 aromatic rings. The molecule has 0 aromatic carbocycles. The lowest BCUT2D eigenvalue weighted by atomic mass is 10.1. The molecule has 1 amide bonds. The maximum absolute atomic E-state index is 12.3. The number of hydrogen-bond donors (Lipinski definition) is 1. The molecule has 2 unspecified atom stereocenters. The van der Waals surface area contributed by atoms with Crippen LogP contribution in [0, 0.1) is 5.92 Å². The minimum absolute atomic E-state index is 0.148. The predicted octanol–water partition coefficient (Wildman–Crippen LogP) is 0.714. The number of carbonyl (C=O) groups is 2. The van der Waals surface area contributed by atoms with Gasteiger partial charge in [-0.1, -0.05) is 6.92 Å². The number of methoxy groups -OCH3 is 1. The predicted molar refractivity (Wildman–Crippen MR) is 73.0 cm³/mol. The van der Waals surface area contributed by atoms with Crippen molar-refractivity contribution in [2.45, 2.75) is 20.0 Å². The van der Waals surface area contributed by atoms with E-state index in [-0.39, 0.29) is 25.0 Å². The Kier molecular flexibility index (Phi) is 6.11. The van der Waals surface area contributed by atoms with E-state index in [1.54, 1.807) is 32.2 Å². The van der Waals surface area contributed by atoms with Crippen molar-refractivity contribution in [2.75, 3.05) is 20.2 Å². The summed E-state index contributed by atoms with van der Waals surface area (Å²) in [5.41, 5.74) is 0.421. The van der Waals surface area contributed by atoms with Crippen molar-refractivity contribution in [3.63, 3.8) is 0 Å². The third-order valence-electron chi connectivity index (χ3n) is 2.78. The second-order valence-electron chi connectivity index (χ2n) is 4.73. The van der Waals surface area contributed by atoms with Gasteiger partial charge in [-0.3, -0.25) is 14.6 Å². The lowest BCUT2D eigenvalue weighted by Crippen LogP contribution is -2.41. The fourth-order valence-corrected chi connectivity index (χ4v) is 1.84. The molecule has 110 valence electrons. The van der Waals surface area contributed by atoms with Gasteiger partial charge in [0.2, 0.25) is 0 Å². The Bertz CT molecular complexity index is 448. The van der Waals surface area contributed by atoms with Crippen LogP contribution in [-0.4, -0.2) is 53.2 Å². The number of hydrogen-bond acceptors (Lipinski definition) is 5. The highest BCUT2D eigenvalue weighted by Gasteiger charge is 2.23. The molecular weight excluding hydrogens is 260 g/mol. The highest BCUT2D eigenvalue weighted by molar-refractivity contribution is 5.94. The Morgan fingerprint density at radius 1 is 1.40 bits per heavy atom. The maximum Gasteiger partial charge on any atom is 0.310 e. The smallest absolute Gasteiger partial charge is 0.310 e. The van der Waals surface area contributed by atoms with Crippen LogP contribution in [0.4, 0.5) is 0 Å². The number of nitrogens with zero attached hydrogens (tertiary/aromatic N) is 2. The van der Waals surface area contributed by atoms with Gasteiger partial charge < -0.3 is 14.7 Å². The summed E-state index contributed by atoms with van der Waals surface area (Å²) < 4.78 is 4.65. The van der Waals surface area contributed by atoms with Crippen LogP contribution >= 0.6 is 0 Å². The fraction of sp³-hybridized carbons (Fsp3) is 0.500. The van der Waals surface area contributed by atoms with Crippen molar-refractivity contribution >= 4 is 11.9 Å². The molecule has 0 radical (unpaired) electrons. The third-order valence-corrected chi connectivity index (χ3v) is 2.78. The summed E-state index contributed by atoms with van der Waals surface area (Å²) in [6, 6.07) is 3.31. The van der Waals surface area contributed by atoms with Crippen molar-refractivity contribution in [2.24, 2.45) is 5.92 Å². The molecule has 6 nitrogen and oxygen atoms in total. The van der Waals surface area contributed by atoms with Gasteiger partial charge in [-0.05, 0) is 19.1 Å². The molecule has 0 aliphatic heterocycles. The van der Waals surface area contributed by atoms with E-state index in [1.165, 1.54) is 18.2 Å². The first-order chi connectivity index (χ1) is 9.45. The molecule has 6 heteroatoms. The van der Waals surface area contributed by atoms with Gasteiger partial charge in [-0.25, -0.2) is 0 Å². The number of aliphatic hydroxyl groups is 1. The van der Waals surface area contributed by atoms with Gasteiger partial charge in [0.15, 0.2) is 0 Å². The number of aliphatic hydroxyl groups excluding tert-OH is 1. The summed E-state index contributed by atoms with van der Waals surface area (Å²) in [4.78, 5) is 29.1. The van der Waals surface area contributed by atoms with Crippen molar-refractivity contribution in [1.82, 2.24) is 9.88 Å². The molecule has 1 rings (SSSR count). The van der Waals surface area contributed by atoms with Crippen LogP contribution in [-0.2, 0) is 9.53 Å². The molecule has 1 heterocycles. The summed E-state index contributed by atoms with van der Waals surface area (Å²) in [5.74, 6) is -1.12. The van der Waals surface area contributed by atoms with E-state index in [0.717, 1.165) is 0 Å². The molecule has 0 aliphatic carbocycles. The first-order valence-corrected chi connectivity index (χ1v) is 6.41. The molecule has 0 aliphatic rings. The van der Waals surface area contributed by atoms with Crippen LogP contribution < -0.4 is 0 Å². The molecule has 1 N–H and O–H groups in total. The highest BCUT2D eigenvalue weighted by atomic mass is 16.5. The summed E-state index contributed by atoms with van der Waals surface area (Å²) in [7, 11) is 1.31. The topological polar surface area (TPSA) is 79.7 Å². The maximum atomic E-state index is 12.3. The molecule has 20 heavy (non-hydrogen) atoms. The largest absolute Gasteiger partial charge is 0.469 e. The molecule has 1 aromatic heterocycles. The van der Waals surface area contributed by atoms with Gasteiger partial charge in [-0.2, -0.15) is 0 Å². The van der Waals surface area contributed by atoms with Gasteiger partial charge in [0, 0.05) is 25.5 Å². The van der Waals surface area contributed by atoms with Crippen LogP contribution in [0.1, 0.15) is 24.2 Å². The number of esters is 1. The quantitative estimate of drug-likeness (QED) is 0.776. The minimum Gasteiger partial charge on any atom is -0.469 e. The van der Waals surface area contributed by atoms with Crippen molar-refractivity contribution in [1.29, 1.82) is 0 Å². The number of amides is 1. The summed E-state index contributed by atoms with van der Waals surface area (Å²) in [6.07, 6.45) is 2.35. The Hall–Kier alpha value is -1.95. The lowest BCUT2D eigenvalue weighted by molar-refractivity contribution is -0.145. The fourth-order valence-electron chi connectivity index (χ4n) is 1.84. The van der Waals surface area contributed by atoms with Crippen LogP contribution in [0.5, 0.6) is 0 Å². The Morgan fingerprint density at radius 2 is 2.10 bits per heavy atom. The summed E-state index contributed by atoms with van der Waals surface area (Å²) in [6.45, 7) is 3.60. The van der Waals surface area contributed by atoms with Crippen molar-refractivity contribution < 1.29 is 19.4 Å². The molecule has 0 spiro atoms. The average Bonchev–Trinajstić information content (AvgIpc) is 2.45. The molecule has 0 saturated heterocycles. The summed E-state index contributed by atoms with van der Waals surface area (Å²) in [5, 5.41) is 9.50. The van der Waals surface area contributed by atoms with Crippen LogP contribution in [0.2, 0.25) is 0 Å². The van der Waals surface area contributed by atoms with E-state index in [4.69, 9.17) is 0 Å². The second-order valence-corrected chi connectivity index (χ2v) is 4.73. The van der Waals surface area contributed by atoms with Crippen molar-refractivity contribution in [3.05, 3.63) is 30.1 Å². The van der Waals surface area contributed by atoms with Gasteiger partial charge in [0.05, 0.1) is 24.7 Å². The van der Waals surface area contributed by atoms with Gasteiger partial charge >= 0.3 is 5.97 Å². The van der Waals surface area contributed by atoms with E-state index in [2.05, 4.69) is 9.72 Å². The zero-order chi connectivity index (χ0) is 15.1. The first kappa shape index (κ1) is 16.1. The molecule has 0 fully saturated rings. The SMILES string of the molecule is COC(=O)C(C)CN(CC(C)O)C(=O)c1cccnc1. The number of aromatic nitrogens is 1. The molecule has 0 saturated carbocycles. The van der Waals surface area contributed by atoms with Crippen LogP contribution in [0.25, 0.3) is 0 Å². The Morgan fingerprint density at radius 3 is 2.60 bits per heavy atom. The van der Waals surface area contributed by atoms with E-state index < -0.39 is 12.0 Å². The van der Waals surface area contributed by atoms with Gasteiger partial charge in [-0.15, -0.1) is 0 Å². The highest BCUT2D eigenvalue weighted by Crippen LogP contribution is 2.09. The number of ether oxygens (including phenoxy) is 1. The monoisotopic (exact) mass is 280 g/mol. The van der Waals surface area contributed by atoms with Crippen LogP contribution in [0.3, 0.4) is 0 Å². The normalized spacial score (nSPS) is 13.4. The van der Waals surface area contributed by atoms with Gasteiger partial charge in [0.25, 0.3) is 5.91 Å². The summed E-state index contributed by atoms with van der Waals surface area (Å²) >= 11 is 0. The lowest BCUT2D eigenvalue weighted by Gasteiger charge is -2.26. The minimum atomic E-state index is -0.680. The second kappa shape index (κ2) is 7.59. The van der Waals surface area contributed by atoms with E-state index >= 15 is 0 Å². The first-order valence-electron chi connectivity index (χ1n) is 6.41. The number of rotatable bonds is 6. The zero-order valence-corrected chi connectivity index (χ0v) is 11.9. The number of pyridine rings is 1. The standard InChI is InChI=1S/C14H20N2O4/c1-10(14(19)20-3)8-16(9-11(2)17)13(18)12-5-4-6-15-7-12/h4-7,10-11,17H,8-9H2,1-3H3. The molecule has 2 atom stereocenters. The number of carbonyl (C=O) groups excluding carboxylic acids is 2. The zero-order valence-electron chi connectivity index (χ0n) is 11.9. The van der Waals surface area contributed by atoms with Crippen LogP contribution in [0.15, 0.2) is 24.5 Å². The van der Waals surface area contributed by atoms with Crippen molar-refractivity contribution in [3.8, 4) is 0 Å². The van der Waals surface area contributed by atoms with E-state index in [0.29, 0.717) is 5.56 Å². The Balaban J connectivity index is 2.84. The van der Waals surface area contributed by atoms with E-state index in [1.807, 2.05) is 0 Å². The van der Waals surface area contributed by atoms with E-state index in [9.17, 15) is 14.7 Å².